The molecule has 0 aliphatic rings. The maximum Gasteiger partial charge on any atom is 0.336 e. The van der Waals surface area contributed by atoms with E-state index >= 15 is 0 Å². The average molecular weight is 725 g/mol. The molecule has 0 N–H and O–H groups in total. The van der Waals surface area contributed by atoms with E-state index in [2.05, 4.69) is 13.2 Å². The van der Waals surface area contributed by atoms with Gasteiger partial charge in [-0.25, -0.2) is 19.2 Å². The predicted molar refractivity (Wildman–Crippen MR) is 204 cm³/mol. The van der Waals surface area contributed by atoms with Gasteiger partial charge in [0.25, 0.3) is 0 Å². The fraction of sp³-hybridized carbons (Fsp3) is 0.302. The molecule has 3 rings (SSSR count). The van der Waals surface area contributed by atoms with E-state index in [4.69, 9.17) is 28.4 Å². The highest BCUT2D eigenvalue weighted by atomic mass is 16.5. The van der Waals surface area contributed by atoms with Crippen LogP contribution in [0.25, 0.3) is 12.2 Å². The Morgan fingerprint density at radius 1 is 0.509 bits per heavy atom. The van der Waals surface area contributed by atoms with Crippen LogP contribution in [-0.2, 0) is 28.7 Å². The molecule has 0 heterocycles. The third-order valence-electron chi connectivity index (χ3n) is 7.60. The van der Waals surface area contributed by atoms with Crippen molar-refractivity contribution in [2.45, 2.75) is 58.3 Å². The monoisotopic (exact) mass is 724 g/mol. The molecule has 53 heavy (non-hydrogen) atoms. The minimum absolute atomic E-state index is 0.322. The first-order chi connectivity index (χ1) is 25.7. The van der Waals surface area contributed by atoms with Gasteiger partial charge in [0.05, 0.1) is 26.4 Å². The van der Waals surface area contributed by atoms with Crippen molar-refractivity contribution in [2.24, 2.45) is 0 Å². The highest BCUT2D eigenvalue weighted by molar-refractivity contribution is 5.90. The van der Waals surface area contributed by atoms with Crippen molar-refractivity contribution in [3.63, 3.8) is 0 Å². The van der Waals surface area contributed by atoms with Crippen molar-refractivity contribution in [3.05, 3.63) is 121 Å². The van der Waals surface area contributed by atoms with Crippen molar-refractivity contribution in [2.75, 3.05) is 26.4 Å². The molecular weight excluding hydrogens is 676 g/mol. The van der Waals surface area contributed by atoms with Gasteiger partial charge in [0.15, 0.2) is 0 Å². The Morgan fingerprint density at radius 2 is 0.925 bits per heavy atom. The lowest BCUT2D eigenvalue weighted by molar-refractivity contribution is -0.138. The maximum atomic E-state index is 12.5. The Balaban J connectivity index is 1.32. The lowest BCUT2D eigenvalue weighted by atomic mass is 10.2. The molecule has 0 bridgehead atoms. The summed E-state index contributed by atoms with van der Waals surface area (Å²) < 4.78 is 32.4. The fourth-order valence-electron chi connectivity index (χ4n) is 4.73. The summed E-state index contributed by atoms with van der Waals surface area (Å²) in [5.41, 5.74) is 2.25. The number of carbonyl (C=O) groups is 4. The summed E-state index contributed by atoms with van der Waals surface area (Å²) in [6.07, 6.45) is 15.5. The van der Waals surface area contributed by atoms with Crippen LogP contribution in [0.5, 0.6) is 23.0 Å². The van der Waals surface area contributed by atoms with Crippen LogP contribution in [0.15, 0.2) is 104 Å². The molecule has 3 aromatic rings. The van der Waals surface area contributed by atoms with Crippen molar-refractivity contribution >= 4 is 36.0 Å². The van der Waals surface area contributed by atoms with E-state index in [9.17, 15) is 19.2 Å². The Labute approximate surface area is 311 Å². The number of esters is 4. The molecule has 0 amide bonds. The molecule has 10 nitrogen and oxygen atoms in total. The van der Waals surface area contributed by atoms with Crippen LogP contribution in [0.4, 0.5) is 0 Å². The van der Waals surface area contributed by atoms with Gasteiger partial charge in [0.1, 0.15) is 23.0 Å². The largest absolute Gasteiger partial charge is 0.494 e. The smallest absolute Gasteiger partial charge is 0.336 e. The molecule has 0 saturated heterocycles. The number of carbonyl (C=O) groups excluding carboxylic acids is 4. The minimum atomic E-state index is -0.547. The highest BCUT2D eigenvalue weighted by Gasteiger charge is 2.08. The normalized spacial score (nSPS) is 10.8. The Kier molecular flexibility index (Phi) is 19.0. The van der Waals surface area contributed by atoms with Crippen LogP contribution < -0.4 is 18.9 Å². The number of aryl methyl sites for hydroxylation is 1. The number of benzene rings is 3. The van der Waals surface area contributed by atoms with Gasteiger partial charge < -0.3 is 28.4 Å². The van der Waals surface area contributed by atoms with E-state index in [-0.39, 0.29) is 0 Å². The molecule has 0 saturated carbocycles. The van der Waals surface area contributed by atoms with E-state index in [0.717, 1.165) is 86.1 Å². The number of hydrogen-bond acceptors (Lipinski definition) is 10. The van der Waals surface area contributed by atoms with Crippen molar-refractivity contribution in [3.8, 4) is 23.0 Å². The van der Waals surface area contributed by atoms with Crippen LogP contribution in [0.1, 0.15) is 68.1 Å². The second-order valence-electron chi connectivity index (χ2n) is 11.8. The average Bonchev–Trinajstić information content (AvgIpc) is 3.17. The van der Waals surface area contributed by atoms with Gasteiger partial charge in [-0.3, -0.25) is 0 Å². The number of ether oxygens (including phenoxy) is 6. The van der Waals surface area contributed by atoms with Gasteiger partial charge in [-0.1, -0.05) is 37.4 Å². The second kappa shape index (κ2) is 24.3. The minimum Gasteiger partial charge on any atom is -0.494 e. The first kappa shape index (κ1) is 41.5. The summed E-state index contributed by atoms with van der Waals surface area (Å²) in [7, 11) is 0. The van der Waals surface area contributed by atoms with Crippen LogP contribution in [-0.4, -0.2) is 50.3 Å². The third kappa shape index (κ3) is 17.7. The molecule has 0 fully saturated rings. The zero-order valence-corrected chi connectivity index (χ0v) is 30.3. The molecule has 0 atom stereocenters. The predicted octanol–water partition coefficient (Wildman–Crippen LogP) is 8.57. The van der Waals surface area contributed by atoms with Crippen molar-refractivity contribution in [1.29, 1.82) is 0 Å². The molecule has 0 aliphatic heterocycles. The Bertz CT molecular complexity index is 1690. The summed E-state index contributed by atoms with van der Waals surface area (Å²) in [5.74, 6) is 0.258. The standard InChI is InChI=1S/C43H48O10/c1-4-40(44)50-30-12-8-6-10-28-48-36-20-14-34(15-21-36)18-26-42(46)52-38-24-25-39(33(3)32-38)53-43(47)27-19-35-16-22-37(23-17-35)49-29-11-7-9-13-31-51-41(45)5-2/h4-5,14-27,32H,1-2,6-13,28-31H2,3H3/b26-18+,27-19+. The van der Waals surface area contributed by atoms with E-state index in [1.807, 2.05) is 48.5 Å². The van der Waals surface area contributed by atoms with Crippen molar-refractivity contribution < 1.29 is 47.6 Å². The van der Waals surface area contributed by atoms with Crippen LogP contribution in [0.3, 0.4) is 0 Å². The molecule has 280 valence electrons. The van der Waals surface area contributed by atoms with E-state index in [0.29, 0.717) is 43.5 Å². The zero-order valence-electron chi connectivity index (χ0n) is 30.3. The Hall–Kier alpha value is -5.90. The second-order valence-corrected chi connectivity index (χ2v) is 11.8. The molecular formula is C43H48O10. The lowest BCUT2D eigenvalue weighted by Gasteiger charge is -2.08. The summed E-state index contributed by atoms with van der Waals surface area (Å²) >= 11 is 0. The summed E-state index contributed by atoms with van der Waals surface area (Å²) in [6.45, 7) is 10.4. The first-order valence-corrected chi connectivity index (χ1v) is 17.7. The van der Waals surface area contributed by atoms with Crippen LogP contribution in [0.2, 0.25) is 0 Å². The first-order valence-electron chi connectivity index (χ1n) is 17.7. The molecule has 0 spiro atoms. The molecule has 0 unspecified atom stereocenters. The van der Waals surface area contributed by atoms with Gasteiger partial charge in [-0.2, -0.15) is 0 Å². The quantitative estimate of drug-likeness (QED) is 0.0384. The number of unbranched alkanes of at least 4 members (excludes halogenated alkanes) is 6. The third-order valence-corrected chi connectivity index (χ3v) is 7.60. The van der Waals surface area contributed by atoms with Gasteiger partial charge in [0, 0.05) is 24.3 Å². The zero-order chi connectivity index (χ0) is 38.1. The summed E-state index contributed by atoms with van der Waals surface area (Å²) in [6, 6.07) is 19.5. The molecule has 10 heteroatoms. The Morgan fingerprint density at radius 3 is 1.36 bits per heavy atom. The van der Waals surface area contributed by atoms with E-state index in [1.165, 1.54) is 12.2 Å². The number of rotatable bonds is 24. The highest BCUT2D eigenvalue weighted by Crippen LogP contribution is 2.24. The lowest BCUT2D eigenvalue weighted by Crippen LogP contribution is -2.06. The topological polar surface area (TPSA) is 124 Å². The van der Waals surface area contributed by atoms with Gasteiger partial charge in [-0.15, -0.1) is 0 Å². The van der Waals surface area contributed by atoms with Gasteiger partial charge in [0.2, 0.25) is 0 Å². The van der Waals surface area contributed by atoms with Crippen LogP contribution in [0, 0.1) is 6.92 Å². The number of hydrogen-bond donors (Lipinski definition) is 0. The molecule has 0 aliphatic carbocycles. The molecule has 0 radical (unpaired) electrons. The summed E-state index contributed by atoms with van der Waals surface area (Å²) in [5, 5.41) is 0. The maximum absolute atomic E-state index is 12.5. The van der Waals surface area contributed by atoms with E-state index < -0.39 is 23.9 Å². The van der Waals surface area contributed by atoms with Crippen LogP contribution >= 0.6 is 0 Å². The van der Waals surface area contributed by atoms with Crippen molar-refractivity contribution in [1.82, 2.24) is 0 Å². The fourth-order valence-corrected chi connectivity index (χ4v) is 4.73. The summed E-state index contributed by atoms with van der Waals surface area (Å²) in [4.78, 5) is 46.9. The molecule has 3 aromatic carbocycles. The van der Waals surface area contributed by atoms with Gasteiger partial charge >= 0.3 is 23.9 Å². The SMILES string of the molecule is C=CC(=O)OCCCCCCOc1ccc(/C=C/C(=O)Oc2ccc(OC(=O)/C=C/c3ccc(OCCCCCCOC(=O)C=C)cc3)c(C)c2)cc1. The van der Waals surface area contributed by atoms with Gasteiger partial charge in [-0.05, 0) is 130 Å². The molecule has 0 aromatic heterocycles. The van der Waals surface area contributed by atoms with E-state index in [1.54, 1.807) is 37.3 Å².